The molecule has 4 fully saturated rings. The minimum Gasteiger partial charge on any atom is -0.273 e. The molecule has 1 aromatic heterocycles. The summed E-state index contributed by atoms with van der Waals surface area (Å²) in [4.78, 5) is 14.3. The fourth-order valence-electron chi connectivity index (χ4n) is 6.41. The smallest absolute Gasteiger partial charge is 0.246 e. The molecule has 2 unspecified atom stereocenters. The van der Waals surface area contributed by atoms with Crippen LogP contribution < -0.4 is 5.43 Å². The molecule has 4 atom stereocenters. The van der Waals surface area contributed by atoms with Gasteiger partial charge in [-0.25, -0.2) is 5.43 Å². The van der Waals surface area contributed by atoms with Crippen LogP contribution in [-0.4, -0.2) is 12.1 Å². The summed E-state index contributed by atoms with van der Waals surface area (Å²) in [6, 6.07) is 13.1. The van der Waals surface area contributed by atoms with E-state index in [9.17, 15) is 4.79 Å². The third-order valence-corrected chi connectivity index (χ3v) is 7.91. The molecule has 0 aliphatic heterocycles. The van der Waals surface area contributed by atoms with Gasteiger partial charge in [-0.05, 0) is 79.7 Å². The quantitative estimate of drug-likeness (QED) is 0.587. The molecule has 1 heterocycles. The number of aryl methyl sites for hydroxylation is 1. The number of amides is 1. The summed E-state index contributed by atoms with van der Waals surface area (Å²) in [6.07, 6.45) is 8.63. The molecule has 1 amide bonds. The Kier molecular flexibility index (Phi) is 4.01. The number of hydrazone groups is 1. The lowest BCUT2D eigenvalue weighted by Gasteiger charge is -2.61. The highest BCUT2D eigenvalue weighted by atomic mass is 32.1. The average Bonchev–Trinajstić information content (AvgIpc) is 3.14. The Hall–Kier alpha value is -1.94. The number of hydrogen-bond acceptors (Lipinski definition) is 3. The minimum absolute atomic E-state index is 0.140. The van der Waals surface area contributed by atoms with E-state index in [2.05, 4.69) is 41.7 Å². The summed E-state index contributed by atoms with van der Waals surface area (Å²) in [5.74, 6) is 1.50. The maximum absolute atomic E-state index is 13.2. The molecule has 0 saturated heterocycles. The third kappa shape index (κ3) is 2.94. The molecule has 2 aromatic rings. The third-order valence-electron chi connectivity index (χ3n) is 7.11. The second kappa shape index (κ2) is 6.30. The first-order valence-electron chi connectivity index (χ1n) is 10.0. The predicted octanol–water partition coefficient (Wildman–Crippen LogP) is 5.04. The van der Waals surface area contributed by atoms with Crippen molar-refractivity contribution in [2.24, 2.45) is 22.4 Å². The van der Waals surface area contributed by atoms with Crippen LogP contribution in [0.4, 0.5) is 0 Å². The van der Waals surface area contributed by atoms with Gasteiger partial charge < -0.3 is 0 Å². The summed E-state index contributed by atoms with van der Waals surface area (Å²) in [7, 11) is 0. The van der Waals surface area contributed by atoms with E-state index in [0.29, 0.717) is 11.8 Å². The fraction of sp³-hybridized carbons (Fsp3) is 0.478. The summed E-state index contributed by atoms with van der Waals surface area (Å²) >= 11 is 1.63. The summed E-state index contributed by atoms with van der Waals surface area (Å²) in [5, 5.41) is 6.29. The van der Waals surface area contributed by atoms with Crippen molar-refractivity contribution in [3.05, 3.63) is 57.8 Å². The van der Waals surface area contributed by atoms with Crippen LogP contribution in [-0.2, 0) is 10.2 Å². The Bertz CT molecular complexity index is 854. The van der Waals surface area contributed by atoms with Crippen molar-refractivity contribution >= 4 is 23.5 Å². The number of thiophene rings is 1. The Morgan fingerprint density at radius 1 is 1.15 bits per heavy atom. The molecule has 0 spiro atoms. The normalized spacial score (nSPS) is 34.3. The van der Waals surface area contributed by atoms with Gasteiger partial charge in [-0.15, -0.1) is 11.3 Å². The van der Waals surface area contributed by atoms with Gasteiger partial charge in [0, 0.05) is 4.88 Å². The molecule has 4 aliphatic carbocycles. The van der Waals surface area contributed by atoms with E-state index >= 15 is 0 Å². The SMILES string of the molecule is Cc1ccc(C23C[C@@H]4C[C@@H](CC(C(=O)N/N=C\c5cccs5)(C4)C2)C3)cc1. The van der Waals surface area contributed by atoms with Crippen molar-refractivity contribution in [1.29, 1.82) is 0 Å². The van der Waals surface area contributed by atoms with E-state index in [0.717, 1.165) is 24.1 Å². The molecular weight excluding hydrogens is 352 g/mol. The predicted molar refractivity (Wildman–Crippen MR) is 110 cm³/mol. The molecule has 140 valence electrons. The fourth-order valence-corrected chi connectivity index (χ4v) is 7.00. The lowest BCUT2D eigenvalue weighted by molar-refractivity contribution is -0.149. The topological polar surface area (TPSA) is 41.5 Å². The first-order valence-corrected chi connectivity index (χ1v) is 10.9. The lowest BCUT2D eigenvalue weighted by atomic mass is 9.42. The number of carbonyl (C=O) groups is 1. The monoisotopic (exact) mass is 378 g/mol. The van der Waals surface area contributed by atoms with Crippen molar-refractivity contribution in [2.75, 3.05) is 0 Å². The highest BCUT2D eigenvalue weighted by molar-refractivity contribution is 7.11. The van der Waals surface area contributed by atoms with E-state index in [1.165, 1.54) is 30.4 Å². The summed E-state index contributed by atoms with van der Waals surface area (Å²) in [5.41, 5.74) is 5.60. The molecule has 3 nitrogen and oxygen atoms in total. The van der Waals surface area contributed by atoms with Gasteiger partial charge in [-0.1, -0.05) is 35.9 Å². The second-order valence-corrected chi connectivity index (χ2v) is 10.1. The molecule has 1 N–H and O–H groups in total. The van der Waals surface area contributed by atoms with Crippen LogP contribution >= 0.6 is 11.3 Å². The van der Waals surface area contributed by atoms with Crippen LogP contribution in [0.25, 0.3) is 0 Å². The molecule has 6 rings (SSSR count). The van der Waals surface area contributed by atoms with E-state index in [-0.39, 0.29) is 16.7 Å². The highest BCUT2D eigenvalue weighted by Crippen LogP contribution is 2.65. The van der Waals surface area contributed by atoms with Gasteiger partial charge in [0.1, 0.15) is 0 Å². The van der Waals surface area contributed by atoms with Crippen LogP contribution in [0, 0.1) is 24.2 Å². The van der Waals surface area contributed by atoms with E-state index < -0.39 is 0 Å². The first kappa shape index (κ1) is 17.2. The Labute approximate surface area is 164 Å². The first-order chi connectivity index (χ1) is 13.1. The maximum atomic E-state index is 13.2. The van der Waals surface area contributed by atoms with E-state index in [4.69, 9.17) is 0 Å². The van der Waals surface area contributed by atoms with Crippen molar-refractivity contribution in [2.45, 2.75) is 50.9 Å². The second-order valence-electron chi connectivity index (χ2n) is 9.10. The molecule has 4 bridgehead atoms. The molecule has 4 heteroatoms. The number of hydrogen-bond donors (Lipinski definition) is 1. The van der Waals surface area contributed by atoms with E-state index in [1.54, 1.807) is 17.6 Å². The Morgan fingerprint density at radius 3 is 2.56 bits per heavy atom. The highest BCUT2D eigenvalue weighted by Gasteiger charge is 2.60. The Balaban J connectivity index is 1.41. The zero-order chi connectivity index (χ0) is 18.5. The molecule has 4 saturated carbocycles. The van der Waals surface area contributed by atoms with Crippen LogP contribution in [0.3, 0.4) is 0 Å². The van der Waals surface area contributed by atoms with Crippen LogP contribution in [0.5, 0.6) is 0 Å². The standard InChI is InChI=1S/C23H26N2OS/c1-16-4-6-19(7-5-16)22-10-17-9-18(11-22)13-23(12-17,15-22)21(26)25-24-14-20-3-2-8-27-20/h2-8,14,17-18H,9-13,15H2,1H3,(H,25,26)/b24-14-/t17-,18+,22?,23?. The number of benzene rings is 1. The van der Waals surface area contributed by atoms with E-state index in [1.807, 2.05) is 17.5 Å². The van der Waals surface area contributed by atoms with Crippen LogP contribution in [0.15, 0.2) is 46.9 Å². The van der Waals surface area contributed by atoms with Gasteiger partial charge in [0.05, 0.1) is 11.6 Å². The van der Waals surface area contributed by atoms with Gasteiger partial charge in [-0.3, -0.25) is 4.79 Å². The average molecular weight is 379 g/mol. The van der Waals surface area contributed by atoms with Crippen molar-refractivity contribution in [1.82, 2.24) is 5.43 Å². The largest absolute Gasteiger partial charge is 0.273 e. The lowest BCUT2D eigenvalue weighted by Crippen LogP contribution is -2.58. The number of rotatable bonds is 4. The number of nitrogens with zero attached hydrogens (tertiary/aromatic N) is 1. The summed E-state index contributed by atoms with van der Waals surface area (Å²) in [6.45, 7) is 2.14. The number of nitrogens with one attached hydrogen (secondary N) is 1. The Morgan fingerprint density at radius 2 is 1.89 bits per heavy atom. The zero-order valence-electron chi connectivity index (χ0n) is 15.8. The summed E-state index contributed by atoms with van der Waals surface area (Å²) < 4.78 is 0. The van der Waals surface area contributed by atoms with Gasteiger partial charge in [0.2, 0.25) is 5.91 Å². The molecule has 27 heavy (non-hydrogen) atoms. The van der Waals surface area contributed by atoms with Gasteiger partial charge in [0.15, 0.2) is 0 Å². The molecule has 1 aromatic carbocycles. The van der Waals surface area contributed by atoms with Crippen LogP contribution in [0.2, 0.25) is 0 Å². The van der Waals surface area contributed by atoms with Crippen molar-refractivity contribution in [3.8, 4) is 0 Å². The number of carbonyl (C=O) groups excluding carboxylic acids is 1. The minimum atomic E-state index is -0.234. The van der Waals surface area contributed by atoms with Crippen molar-refractivity contribution in [3.63, 3.8) is 0 Å². The van der Waals surface area contributed by atoms with Gasteiger partial charge in [-0.2, -0.15) is 5.10 Å². The van der Waals surface area contributed by atoms with Crippen LogP contribution in [0.1, 0.15) is 54.5 Å². The maximum Gasteiger partial charge on any atom is 0.246 e. The molecule has 4 aliphatic rings. The zero-order valence-corrected chi connectivity index (χ0v) is 16.6. The van der Waals surface area contributed by atoms with Crippen molar-refractivity contribution < 1.29 is 4.79 Å². The molecule has 0 radical (unpaired) electrons. The van der Waals surface area contributed by atoms with Gasteiger partial charge in [0.25, 0.3) is 0 Å². The van der Waals surface area contributed by atoms with Gasteiger partial charge >= 0.3 is 0 Å². The molecular formula is C23H26N2OS.